The Labute approximate surface area is 149 Å². The molecule has 2 aromatic carbocycles. The maximum atomic E-state index is 13.5. The third-order valence-electron chi connectivity index (χ3n) is 4.32. The van der Waals surface area contributed by atoms with E-state index in [0.29, 0.717) is 22.6 Å². The van der Waals surface area contributed by atoms with Crippen molar-refractivity contribution in [3.05, 3.63) is 68.9 Å². The highest BCUT2D eigenvalue weighted by molar-refractivity contribution is 9.10. The fourth-order valence-corrected chi connectivity index (χ4v) is 3.40. The van der Waals surface area contributed by atoms with E-state index in [2.05, 4.69) is 21.2 Å². The molecule has 126 valence electrons. The number of aliphatic hydroxyl groups is 1. The van der Waals surface area contributed by atoms with Crippen LogP contribution in [-0.2, 0) is 6.61 Å². The summed E-state index contributed by atoms with van der Waals surface area (Å²) >= 11 is 3.36. The Balaban J connectivity index is 1.84. The molecule has 1 atom stereocenters. The summed E-state index contributed by atoms with van der Waals surface area (Å²) in [6.07, 6.45) is 2.11. The van der Waals surface area contributed by atoms with Gasteiger partial charge >= 0.3 is 0 Å². The molecule has 2 N–H and O–H groups in total. The molecule has 0 bridgehead atoms. The predicted molar refractivity (Wildman–Crippen MR) is 94.1 cm³/mol. The fraction of sp³-hybridized carbons (Fsp3) is 0.316. The lowest BCUT2D eigenvalue weighted by Crippen LogP contribution is -2.30. The van der Waals surface area contributed by atoms with Crippen LogP contribution in [0.4, 0.5) is 4.39 Å². The second-order valence-electron chi connectivity index (χ2n) is 6.30. The molecule has 3 nitrogen and oxygen atoms in total. The van der Waals surface area contributed by atoms with E-state index in [1.807, 2.05) is 0 Å². The molecule has 0 aliphatic heterocycles. The standard InChI is InChI=1S/C19H19BrFNO2/c1-11-6-14(4-5-17(11)21)18(13-2-3-13)22-19(24)15-7-12(10-23)8-16(20)9-15/h4-9,13,18,23H,2-3,10H2,1H3,(H,22,24). The molecule has 2 aromatic rings. The number of aliphatic hydroxyl groups excluding tert-OH is 1. The normalized spacial score (nSPS) is 15.2. The van der Waals surface area contributed by atoms with Crippen LogP contribution in [0.2, 0.25) is 0 Å². The minimum Gasteiger partial charge on any atom is -0.392 e. The van der Waals surface area contributed by atoms with Gasteiger partial charge in [-0.25, -0.2) is 4.39 Å². The molecule has 24 heavy (non-hydrogen) atoms. The van der Waals surface area contributed by atoms with Crippen LogP contribution in [-0.4, -0.2) is 11.0 Å². The summed E-state index contributed by atoms with van der Waals surface area (Å²) < 4.78 is 14.3. The lowest BCUT2D eigenvalue weighted by atomic mass is 9.99. The fourth-order valence-electron chi connectivity index (χ4n) is 2.86. The molecule has 0 spiro atoms. The van der Waals surface area contributed by atoms with E-state index in [-0.39, 0.29) is 24.4 Å². The number of benzene rings is 2. The molecule has 0 saturated heterocycles. The van der Waals surface area contributed by atoms with Gasteiger partial charge in [0.15, 0.2) is 0 Å². The van der Waals surface area contributed by atoms with Gasteiger partial charge in [0.2, 0.25) is 0 Å². The Morgan fingerprint density at radius 1 is 1.33 bits per heavy atom. The molecule has 5 heteroatoms. The summed E-state index contributed by atoms with van der Waals surface area (Å²) in [7, 11) is 0. The third-order valence-corrected chi connectivity index (χ3v) is 4.78. The van der Waals surface area contributed by atoms with Crippen molar-refractivity contribution in [3.8, 4) is 0 Å². The van der Waals surface area contributed by atoms with Crippen LogP contribution >= 0.6 is 15.9 Å². The molecular formula is C19H19BrFNO2. The zero-order valence-electron chi connectivity index (χ0n) is 13.4. The van der Waals surface area contributed by atoms with E-state index in [0.717, 1.165) is 22.9 Å². The molecule has 0 heterocycles. The predicted octanol–water partition coefficient (Wildman–Crippen LogP) is 4.27. The summed E-state index contributed by atoms with van der Waals surface area (Å²) in [6.45, 7) is 1.61. The Morgan fingerprint density at radius 2 is 2.08 bits per heavy atom. The van der Waals surface area contributed by atoms with Crippen molar-refractivity contribution in [2.24, 2.45) is 5.92 Å². The van der Waals surface area contributed by atoms with Crippen molar-refractivity contribution in [2.75, 3.05) is 0 Å². The number of carbonyl (C=O) groups excluding carboxylic acids is 1. The SMILES string of the molecule is Cc1cc(C(NC(=O)c2cc(Br)cc(CO)c2)C2CC2)ccc1F. The quantitative estimate of drug-likeness (QED) is 0.799. The number of halogens is 2. The molecule has 1 fully saturated rings. The van der Waals surface area contributed by atoms with Crippen molar-refractivity contribution in [1.29, 1.82) is 0 Å². The Morgan fingerprint density at radius 3 is 2.71 bits per heavy atom. The first kappa shape index (κ1) is 17.1. The smallest absolute Gasteiger partial charge is 0.251 e. The maximum Gasteiger partial charge on any atom is 0.251 e. The minimum atomic E-state index is -0.237. The summed E-state index contributed by atoms with van der Waals surface area (Å²) in [5.41, 5.74) is 2.69. The van der Waals surface area contributed by atoms with E-state index in [9.17, 15) is 14.3 Å². The van der Waals surface area contributed by atoms with E-state index in [1.165, 1.54) is 6.07 Å². The van der Waals surface area contributed by atoms with Crippen molar-refractivity contribution < 1.29 is 14.3 Å². The lowest BCUT2D eigenvalue weighted by Gasteiger charge is -2.20. The van der Waals surface area contributed by atoms with Gasteiger partial charge in [-0.05, 0) is 66.6 Å². The summed E-state index contributed by atoms with van der Waals surface area (Å²) in [6, 6.07) is 10.1. The Bertz CT molecular complexity index is 774. The van der Waals surface area contributed by atoms with Gasteiger partial charge < -0.3 is 10.4 Å². The van der Waals surface area contributed by atoms with Crippen LogP contribution in [0.1, 0.15) is 45.9 Å². The van der Waals surface area contributed by atoms with Gasteiger partial charge in [0.25, 0.3) is 5.91 Å². The van der Waals surface area contributed by atoms with Crippen LogP contribution in [0.3, 0.4) is 0 Å². The molecule has 1 aliphatic rings. The van der Waals surface area contributed by atoms with Crippen LogP contribution in [0, 0.1) is 18.7 Å². The van der Waals surface area contributed by atoms with E-state index < -0.39 is 0 Å². The van der Waals surface area contributed by atoms with Gasteiger partial charge in [-0.15, -0.1) is 0 Å². The highest BCUT2D eigenvalue weighted by atomic mass is 79.9. The number of hydrogen-bond donors (Lipinski definition) is 2. The third kappa shape index (κ3) is 3.84. The summed E-state index contributed by atoms with van der Waals surface area (Å²) in [5, 5.41) is 12.4. The van der Waals surface area contributed by atoms with Gasteiger partial charge in [0.1, 0.15) is 5.82 Å². The minimum absolute atomic E-state index is 0.117. The Kier molecular flexibility index (Phi) is 5.01. The number of hydrogen-bond acceptors (Lipinski definition) is 2. The largest absolute Gasteiger partial charge is 0.392 e. The molecule has 1 unspecified atom stereocenters. The average Bonchev–Trinajstić information content (AvgIpc) is 3.39. The van der Waals surface area contributed by atoms with Gasteiger partial charge in [0, 0.05) is 10.0 Å². The van der Waals surface area contributed by atoms with Crippen LogP contribution in [0.25, 0.3) is 0 Å². The van der Waals surface area contributed by atoms with Crippen LogP contribution in [0.5, 0.6) is 0 Å². The molecule has 0 aromatic heterocycles. The van der Waals surface area contributed by atoms with E-state index in [1.54, 1.807) is 37.3 Å². The first-order chi connectivity index (χ1) is 11.5. The number of aryl methyl sites for hydroxylation is 1. The molecule has 1 amide bonds. The number of carbonyl (C=O) groups is 1. The summed E-state index contributed by atoms with van der Waals surface area (Å²) in [5.74, 6) is -0.0349. The van der Waals surface area contributed by atoms with Crippen molar-refractivity contribution >= 4 is 21.8 Å². The first-order valence-electron chi connectivity index (χ1n) is 7.95. The topological polar surface area (TPSA) is 49.3 Å². The van der Waals surface area contributed by atoms with Crippen molar-refractivity contribution in [1.82, 2.24) is 5.32 Å². The van der Waals surface area contributed by atoms with E-state index >= 15 is 0 Å². The molecule has 1 saturated carbocycles. The highest BCUT2D eigenvalue weighted by Crippen LogP contribution is 2.41. The Hall–Kier alpha value is -1.72. The van der Waals surface area contributed by atoms with Crippen molar-refractivity contribution in [3.63, 3.8) is 0 Å². The van der Waals surface area contributed by atoms with Gasteiger partial charge in [-0.1, -0.05) is 28.1 Å². The van der Waals surface area contributed by atoms with Gasteiger partial charge in [-0.2, -0.15) is 0 Å². The number of amides is 1. The number of nitrogens with one attached hydrogen (secondary N) is 1. The highest BCUT2D eigenvalue weighted by Gasteiger charge is 2.33. The second kappa shape index (κ2) is 7.03. The molecule has 1 aliphatic carbocycles. The van der Waals surface area contributed by atoms with Crippen molar-refractivity contribution in [2.45, 2.75) is 32.4 Å². The maximum absolute atomic E-state index is 13.5. The van der Waals surface area contributed by atoms with Gasteiger partial charge in [0.05, 0.1) is 12.6 Å². The van der Waals surface area contributed by atoms with Gasteiger partial charge in [-0.3, -0.25) is 4.79 Å². The molecule has 3 rings (SSSR count). The van der Waals surface area contributed by atoms with Crippen LogP contribution < -0.4 is 5.32 Å². The first-order valence-corrected chi connectivity index (χ1v) is 8.74. The zero-order valence-corrected chi connectivity index (χ0v) is 14.9. The lowest BCUT2D eigenvalue weighted by molar-refractivity contribution is 0.0931. The summed E-state index contributed by atoms with van der Waals surface area (Å²) in [4.78, 5) is 12.6. The number of rotatable bonds is 5. The molecular weight excluding hydrogens is 373 g/mol. The second-order valence-corrected chi connectivity index (χ2v) is 7.22. The van der Waals surface area contributed by atoms with Crippen LogP contribution in [0.15, 0.2) is 40.9 Å². The average molecular weight is 392 g/mol. The monoisotopic (exact) mass is 391 g/mol. The van der Waals surface area contributed by atoms with E-state index in [4.69, 9.17) is 0 Å². The molecule has 0 radical (unpaired) electrons. The zero-order chi connectivity index (χ0) is 17.3.